The number of fused-ring (bicyclic) bond motifs is 3. The van der Waals surface area contributed by atoms with Gasteiger partial charge in [-0.25, -0.2) is 9.82 Å². The van der Waals surface area contributed by atoms with Crippen LogP contribution in [0.1, 0.15) is 37.3 Å². The zero-order valence-electron chi connectivity index (χ0n) is 19.0. The Bertz CT molecular complexity index is 1120. The molecule has 3 heterocycles. The van der Waals surface area contributed by atoms with E-state index in [1.807, 2.05) is 36.9 Å². The van der Waals surface area contributed by atoms with E-state index in [-0.39, 0.29) is 24.2 Å². The van der Waals surface area contributed by atoms with Gasteiger partial charge in [-0.05, 0) is 80.6 Å². The standard InChI is InChI=1S/C25H29FN4O2/c1-14-5-6-18(21(26)9-14)20-11-23-22(10-19(20)17-7-8-29(4)12-15(17)2)30-16(3)25(31)28-27-24(30)13-32-23/h5-6,9-11,15-17H,7-8,12-13H2,1-4H3,(H,28,31)/t15-,16+,17+/m0/s1. The summed E-state index contributed by atoms with van der Waals surface area (Å²) in [6, 6.07) is 9.07. The van der Waals surface area contributed by atoms with Gasteiger partial charge in [0, 0.05) is 12.1 Å². The Morgan fingerprint density at radius 2 is 2.00 bits per heavy atom. The molecule has 2 aromatic rings. The number of halogens is 1. The van der Waals surface area contributed by atoms with Gasteiger partial charge in [0.15, 0.2) is 5.84 Å². The number of hydrazone groups is 1. The summed E-state index contributed by atoms with van der Waals surface area (Å²) in [4.78, 5) is 16.6. The molecule has 1 fully saturated rings. The molecular weight excluding hydrogens is 407 g/mol. The van der Waals surface area contributed by atoms with Crippen molar-refractivity contribution in [1.82, 2.24) is 10.3 Å². The smallest absolute Gasteiger partial charge is 0.262 e. The van der Waals surface area contributed by atoms with Crippen molar-refractivity contribution in [3.05, 3.63) is 47.3 Å². The first-order valence-electron chi connectivity index (χ1n) is 11.2. The van der Waals surface area contributed by atoms with E-state index in [0.29, 0.717) is 23.1 Å². The molecule has 0 bridgehead atoms. The second kappa shape index (κ2) is 7.89. The highest BCUT2D eigenvalue weighted by atomic mass is 19.1. The first kappa shape index (κ1) is 20.9. The number of rotatable bonds is 2. The number of anilines is 1. The van der Waals surface area contributed by atoms with E-state index in [9.17, 15) is 4.79 Å². The topological polar surface area (TPSA) is 57.2 Å². The number of ether oxygens (including phenoxy) is 1. The van der Waals surface area contributed by atoms with Gasteiger partial charge < -0.3 is 14.5 Å². The Hall–Kier alpha value is -2.93. The summed E-state index contributed by atoms with van der Waals surface area (Å²) in [5.74, 6) is 1.66. The third-order valence-electron chi connectivity index (χ3n) is 7.01. The molecule has 1 saturated heterocycles. The first-order chi connectivity index (χ1) is 15.3. The molecule has 3 atom stereocenters. The molecule has 3 aliphatic rings. The molecule has 0 saturated carbocycles. The number of nitrogens with zero attached hydrogens (tertiary/aromatic N) is 3. The third-order valence-corrected chi connectivity index (χ3v) is 7.01. The lowest BCUT2D eigenvalue weighted by Gasteiger charge is -2.40. The average Bonchev–Trinajstić information content (AvgIpc) is 2.75. The van der Waals surface area contributed by atoms with Crippen molar-refractivity contribution in [2.24, 2.45) is 11.0 Å². The summed E-state index contributed by atoms with van der Waals surface area (Å²) in [6.45, 7) is 8.26. The highest BCUT2D eigenvalue weighted by Crippen LogP contribution is 2.46. The number of benzene rings is 2. The number of likely N-dealkylation sites (tertiary alicyclic amines) is 1. The van der Waals surface area contributed by atoms with Crippen molar-refractivity contribution < 1.29 is 13.9 Å². The van der Waals surface area contributed by atoms with Crippen LogP contribution < -0.4 is 15.1 Å². The molecule has 168 valence electrons. The predicted molar refractivity (Wildman–Crippen MR) is 124 cm³/mol. The number of amides is 1. The van der Waals surface area contributed by atoms with E-state index in [2.05, 4.69) is 35.5 Å². The molecule has 32 heavy (non-hydrogen) atoms. The van der Waals surface area contributed by atoms with Crippen molar-refractivity contribution in [1.29, 1.82) is 0 Å². The summed E-state index contributed by atoms with van der Waals surface area (Å²) in [7, 11) is 2.14. The SMILES string of the molecule is Cc1ccc(-c2cc3c(cc2[C@@H]2CCN(C)C[C@@H]2C)N2C(=NNC(=O)[C@H]2C)CO3)c(F)c1. The van der Waals surface area contributed by atoms with Crippen molar-refractivity contribution in [2.45, 2.75) is 39.2 Å². The molecule has 6 nitrogen and oxygen atoms in total. The zero-order chi connectivity index (χ0) is 22.6. The Morgan fingerprint density at radius 3 is 2.75 bits per heavy atom. The lowest BCUT2D eigenvalue weighted by atomic mass is 9.78. The Labute approximate surface area is 188 Å². The summed E-state index contributed by atoms with van der Waals surface area (Å²) >= 11 is 0. The second-order valence-corrected chi connectivity index (χ2v) is 9.36. The maximum atomic E-state index is 15.1. The Balaban J connectivity index is 1.70. The maximum Gasteiger partial charge on any atom is 0.262 e. The van der Waals surface area contributed by atoms with E-state index in [0.717, 1.165) is 41.9 Å². The minimum Gasteiger partial charge on any atom is -0.483 e. The van der Waals surface area contributed by atoms with E-state index in [1.54, 1.807) is 6.07 Å². The molecule has 1 N–H and O–H groups in total. The predicted octanol–water partition coefficient (Wildman–Crippen LogP) is 3.89. The zero-order valence-corrected chi connectivity index (χ0v) is 19.0. The van der Waals surface area contributed by atoms with Gasteiger partial charge in [0.1, 0.15) is 24.2 Å². The van der Waals surface area contributed by atoms with Crippen LogP contribution in [0.3, 0.4) is 0 Å². The molecular formula is C25H29FN4O2. The first-order valence-corrected chi connectivity index (χ1v) is 11.2. The van der Waals surface area contributed by atoms with Gasteiger partial charge in [-0.2, -0.15) is 5.10 Å². The van der Waals surface area contributed by atoms with Crippen LogP contribution in [-0.4, -0.2) is 49.4 Å². The normalized spacial score (nSPS) is 25.4. The van der Waals surface area contributed by atoms with Gasteiger partial charge in [-0.3, -0.25) is 4.79 Å². The van der Waals surface area contributed by atoms with Gasteiger partial charge in [0.25, 0.3) is 5.91 Å². The molecule has 0 spiro atoms. The van der Waals surface area contributed by atoms with E-state index in [1.165, 1.54) is 0 Å². The largest absolute Gasteiger partial charge is 0.483 e. The number of aryl methyl sites for hydroxylation is 1. The monoisotopic (exact) mass is 436 g/mol. The van der Waals surface area contributed by atoms with E-state index in [4.69, 9.17) is 4.74 Å². The average molecular weight is 437 g/mol. The van der Waals surface area contributed by atoms with E-state index < -0.39 is 6.04 Å². The molecule has 7 heteroatoms. The molecule has 5 rings (SSSR count). The fraction of sp³-hybridized carbons (Fsp3) is 0.440. The minimum absolute atomic E-state index is 0.149. The van der Waals surface area contributed by atoms with Crippen LogP contribution in [0.25, 0.3) is 11.1 Å². The third kappa shape index (κ3) is 3.45. The molecule has 0 aliphatic carbocycles. The number of hydrogen-bond donors (Lipinski definition) is 1. The molecule has 0 unspecified atom stereocenters. The fourth-order valence-electron chi connectivity index (χ4n) is 5.28. The quantitative estimate of drug-likeness (QED) is 0.776. The van der Waals surface area contributed by atoms with Gasteiger partial charge >= 0.3 is 0 Å². The van der Waals surface area contributed by atoms with Crippen molar-refractivity contribution in [3.8, 4) is 16.9 Å². The number of carbonyl (C=O) groups is 1. The van der Waals surface area contributed by atoms with Gasteiger partial charge in [0.05, 0.1) is 5.69 Å². The van der Waals surface area contributed by atoms with Gasteiger partial charge in [0.2, 0.25) is 0 Å². The molecule has 3 aliphatic heterocycles. The number of hydrogen-bond acceptors (Lipinski definition) is 5. The second-order valence-electron chi connectivity index (χ2n) is 9.36. The van der Waals surface area contributed by atoms with Crippen LogP contribution in [0.4, 0.5) is 10.1 Å². The van der Waals surface area contributed by atoms with Crippen molar-refractivity contribution in [3.63, 3.8) is 0 Å². The summed E-state index contributed by atoms with van der Waals surface area (Å²) in [5, 5.41) is 4.20. The molecule has 2 aromatic carbocycles. The molecule has 1 amide bonds. The number of piperidine rings is 1. The van der Waals surface area contributed by atoms with Crippen LogP contribution in [0.5, 0.6) is 5.75 Å². The maximum absolute atomic E-state index is 15.1. The lowest BCUT2D eigenvalue weighted by Crippen LogP contribution is -2.55. The van der Waals surface area contributed by atoms with Crippen LogP contribution in [-0.2, 0) is 4.79 Å². The Morgan fingerprint density at radius 1 is 1.19 bits per heavy atom. The van der Waals surface area contributed by atoms with Crippen LogP contribution in [0, 0.1) is 18.7 Å². The van der Waals surface area contributed by atoms with E-state index >= 15 is 4.39 Å². The summed E-state index contributed by atoms with van der Waals surface area (Å²) in [5.41, 5.74) is 6.86. The van der Waals surface area contributed by atoms with Crippen LogP contribution >= 0.6 is 0 Å². The van der Waals surface area contributed by atoms with Crippen molar-refractivity contribution >= 4 is 17.4 Å². The van der Waals surface area contributed by atoms with Gasteiger partial charge in [-0.15, -0.1) is 0 Å². The highest BCUT2D eigenvalue weighted by molar-refractivity contribution is 6.09. The van der Waals surface area contributed by atoms with Crippen LogP contribution in [0.15, 0.2) is 35.4 Å². The summed E-state index contributed by atoms with van der Waals surface area (Å²) < 4.78 is 21.2. The molecule has 0 aromatic heterocycles. The fourth-order valence-corrected chi connectivity index (χ4v) is 5.28. The van der Waals surface area contributed by atoms with Crippen molar-refractivity contribution in [2.75, 3.05) is 31.6 Å². The van der Waals surface area contributed by atoms with Crippen LogP contribution in [0.2, 0.25) is 0 Å². The molecule has 0 radical (unpaired) electrons. The number of nitrogens with one attached hydrogen (secondary N) is 1. The lowest BCUT2D eigenvalue weighted by molar-refractivity contribution is -0.122. The minimum atomic E-state index is -0.394. The highest BCUT2D eigenvalue weighted by Gasteiger charge is 2.37. The van der Waals surface area contributed by atoms with Gasteiger partial charge in [-0.1, -0.05) is 19.1 Å². The number of carbonyl (C=O) groups excluding carboxylic acids is 1. The number of amidine groups is 1. The Kier molecular flexibility index (Phi) is 5.16. The summed E-state index contributed by atoms with van der Waals surface area (Å²) in [6.07, 6.45) is 0.995.